The zero-order valence-electron chi connectivity index (χ0n) is 16.8. The fraction of sp³-hybridized carbons (Fsp3) is 0.318. The maximum absolute atomic E-state index is 12.7. The van der Waals surface area contributed by atoms with Crippen molar-refractivity contribution in [2.45, 2.75) is 19.9 Å². The molecule has 5 rings (SSSR count). The quantitative estimate of drug-likeness (QED) is 0.525. The van der Waals surface area contributed by atoms with E-state index in [9.17, 15) is 4.79 Å². The van der Waals surface area contributed by atoms with Crippen LogP contribution in [0.3, 0.4) is 0 Å². The minimum atomic E-state index is -0.422. The van der Waals surface area contributed by atoms with Crippen LogP contribution in [0.4, 0.5) is 5.82 Å². The first kappa shape index (κ1) is 17.9. The lowest BCUT2D eigenvalue weighted by molar-refractivity contribution is 0.274. The number of hydrogen-bond acceptors (Lipinski definition) is 6. The summed E-state index contributed by atoms with van der Waals surface area (Å²) in [5.41, 5.74) is 2.91. The number of pyridine rings is 2. The van der Waals surface area contributed by atoms with Crippen LogP contribution in [0.25, 0.3) is 28.0 Å². The van der Waals surface area contributed by atoms with E-state index in [2.05, 4.69) is 33.7 Å². The average Bonchev–Trinajstić information content (AvgIpc) is 3.10. The Kier molecular flexibility index (Phi) is 4.13. The van der Waals surface area contributed by atoms with Crippen LogP contribution < -0.4 is 10.5 Å². The molecule has 148 valence electrons. The lowest BCUT2D eigenvalue weighted by Gasteiger charge is -2.38. The van der Waals surface area contributed by atoms with E-state index in [-0.39, 0.29) is 0 Å². The van der Waals surface area contributed by atoms with Crippen molar-refractivity contribution in [2.24, 2.45) is 0 Å². The molecule has 0 spiro atoms. The van der Waals surface area contributed by atoms with Crippen molar-refractivity contribution in [1.82, 2.24) is 19.3 Å². The summed E-state index contributed by atoms with van der Waals surface area (Å²) in [7, 11) is 2.13. The first-order chi connectivity index (χ1) is 14.0. The van der Waals surface area contributed by atoms with Crippen molar-refractivity contribution >= 4 is 22.6 Å². The third-order valence-corrected chi connectivity index (χ3v) is 5.60. The third kappa shape index (κ3) is 3.17. The number of piperazine rings is 1. The van der Waals surface area contributed by atoms with Crippen LogP contribution >= 0.6 is 0 Å². The number of aryl methyl sites for hydroxylation is 1. The molecule has 0 bridgehead atoms. The Labute approximate surface area is 168 Å². The van der Waals surface area contributed by atoms with Gasteiger partial charge >= 0.3 is 5.63 Å². The van der Waals surface area contributed by atoms with Crippen molar-refractivity contribution in [2.75, 3.05) is 31.6 Å². The monoisotopic (exact) mass is 389 g/mol. The van der Waals surface area contributed by atoms with E-state index in [0.717, 1.165) is 42.0 Å². The number of anilines is 1. The second-order valence-corrected chi connectivity index (χ2v) is 7.91. The molecule has 4 aromatic rings. The molecule has 1 unspecified atom stereocenters. The highest BCUT2D eigenvalue weighted by molar-refractivity contribution is 5.80. The molecule has 1 aliphatic heterocycles. The van der Waals surface area contributed by atoms with Gasteiger partial charge in [-0.1, -0.05) is 0 Å². The summed E-state index contributed by atoms with van der Waals surface area (Å²) in [5, 5.41) is 0.790. The zero-order chi connectivity index (χ0) is 20.1. The highest BCUT2D eigenvalue weighted by Crippen LogP contribution is 2.24. The molecule has 7 heteroatoms. The van der Waals surface area contributed by atoms with Gasteiger partial charge in [0, 0.05) is 43.5 Å². The number of aromatic nitrogens is 3. The maximum atomic E-state index is 12.7. The molecule has 1 fully saturated rings. The highest BCUT2D eigenvalue weighted by Gasteiger charge is 2.23. The van der Waals surface area contributed by atoms with Gasteiger partial charge in [-0.3, -0.25) is 0 Å². The summed E-state index contributed by atoms with van der Waals surface area (Å²) in [5.74, 6) is 0.845. The molecule has 4 aromatic heterocycles. The van der Waals surface area contributed by atoms with E-state index < -0.39 is 5.63 Å². The lowest BCUT2D eigenvalue weighted by Crippen LogP contribution is -2.50. The topological polar surface area (TPSA) is 66.9 Å². The van der Waals surface area contributed by atoms with Crippen LogP contribution in [0.2, 0.25) is 0 Å². The van der Waals surface area contributed by atoms with Crippen molar-refractivity contribution in [3.63, 3.8) is 0 Å². The molecule has 0 amide bonds. The van der Waals surface area contributed by atoms with Gasteiger partial charge in [-0.05, 0) is 56.8 Å². The van der Waals surface area contributed by atoms with Gasteiger partial charge in [0.1, 0.15) is 11.5 Å². The number of nitrogens with zero attached hydrogens (tertiary/aromatic N) is 5. The van der Waals surface area contributed by atoms with Crippen LogP contribution in [0.1, 0.15) is 12.5 Å². The first-order valence-corrected chi connectivity index (χ1v) is 9.84. The van der Waals surface area contributed by atoms with Crippen molar-refractivity contribution in [1.29, 1.82) is 0 Å². The molecule has 29 heavy (non-hydrogen) atoms. The SMILES string of the molecule is Cc1ccn2cc(-c3cc4ccc(N5CCN(C)CC5C)nc4oc3=O)nc2c1. The van der Waals surface area contributed by atoms with Crippen molar-refractivity contribution in [3.05, 3.63) is 58.7 Å². The van der Waals surface area contributed by atoms with Crippen LogP contribution in [-0.2, 0) is 0 Å². The van der Waals surface area contributed by atoms with Gasteiger partial charge in [0.15, 0.2) is 0 Å². The molecule has 0 saturated carbocycles. The highest BCUT2D eigenvalue weighted by atomic mass is 16.4. The van der Waals surface area contributed by atoms with E-state index in [1.165, 1.54) is 0 Å². The molecular formula is C22H23N5O2. The molecule has 0 radical (unpaired) electrons. The predicted molar refractivity (Wildman–Crippen MR) is 114 cm³/mol. The zero-order valence-corrected chi connectivity index (χ0v) is 16.8. The average molecular weight is 389 g/mol. The fourth-order valence-electron chi connectivity index (χ4n) is 4.02. The Hall–Kier alpha value is -3.19. The summed E-state index contributed by atoms with van der Waals surface area (Å²) in [4.78, 5) is 26.5. The summed E-state index contributed by atoms with van der Waals surface area (Å²) in [6.07, 6.45) is 3.79. The van der Waals surface area contributed by atoms with E-state index in [0.29, 0.717) is 23.0 Å². The first-order valence-electron chi connectivity index (χ1n) is 9.84. The maximum Gasteiger partial charge on any atom is 0.347 e. The standard InChI is InChI=1S/C22H23N5O2/c1-14-6-7-26-13-18(23-20(26)10-14)17-11-16-4-5-19(24-21(16)29-22(17)28)27-9-8-25(3)12-15(27)2/h4-7,10-11,13,15H,8-9,12H2,1-3H3. The Morgan fingerprint density at radius 3 is 2.83 bits per heavy atom. The summed E-state index contributed by atoms with van der Waals surface area (Å²) in [6.45, 7) is 7.07. The molecule has 0 aliphatic carbocycles. The van der Waals surface area contributed by atoms with Gasteiger partial charge in [-0.2, -0.15) is 4.98 Å². The van der Waals surface area contributed by atoms with Crippen LogP contribution in [0.5, 0.6) is 0 Å². The van der Waals surface area contributed by atoms with Gasteiger partial charge in [0.25, 0.3) is 0 Å². The second kappa shape index (κ2) is 6.70. The van der Waals surface area contributed by atoms with Gasteiger partial charge in [0.2, 0.25) is 5.71 Å². The van der Waals surface area contributed by atoms with Crippen molar-refractivity contribution in [3.8, 4) is 11.3 Å². The van der Waals surface area contributed by atoms with E-state index in [4.69, 9.17) is 4.42 Å². The molecule has 1 saturated heterocycles. The predicted octanol–water partition coefficient (Wildman–Crippen LogP) is 2.95. The Morgan fingerprint density at radius 1 is 1.14 bits per heavy atom. The summed E-state index contributed by atoms with van der Waals surface area (Å²) < 4.78 is 7.51. The Bertz CT molecular complexity index is 1280. The third-order valence-electron chi connectivity index (χ3n) is 5.60. The van der Waals surface area contributed by atoms with Crippen LogP contribution in [0, 0.1) is 6.92 Å². The van der Waals surface area contributed by atoms with Gasteiger partial charge in [0.05, 0.1) is 11.3 Å². The van der Waals surface area contributed by atoms with E-state index in [1.807, 2.05) is 54.0 Å². The minimum Gasteiger partial charge on any atom is -0.403 e. The lowest BCUT2D eigenvalue weighted by atomic mass is 10.1. The van der Waals surface area contributed by atoms with Gasteiger partial charge in [-0.25, -0.2) is 9.78 Å². The Balaban J connectivity index is 1.55. The number of rotatable bonds is 2. The molecule has 5 heterocycles. The van der Waals surface area contributed by atoms with Crippen LogP contribution in [-0.4, -0.2) is 52.0 Å². The summed E-state index contributed by atoms with van der Waals surface area (Å²) in [6, 6.07) is 10.1. The minimum absolute atomic E-state index is 0.353. The van der Waals surface area contributed by atoms with Gasteiger partial charge < -0.3 is 18.6 Å². The van der Waals surface area contributed by atoms with Crippen molar-refractivity contribution < 1.29 is 4.42 Å². The molecule has 0 N–H and O–H groups in total. The number of likely N-dealkylation sites (N-methyl/N-ethyl adjacent to an activating group) is 1. The normalized spacial score (nSPS) is 18.0. The van der Waals surface area contributed by atoms with Gasteiger partial charge in [-0.15, -0.1) is 0 Å². The van der Waals surface area contributed by atoms with Crippen LogP contribution in [0.15, 0.2) is 51.9 Å². The Morgan fingerprint density at radius 2 is 2.00 bits per heavy atom. The number of hydrogen-bond donors (Lipinski definition) is 0. The second-order valence-electron chi connectivity index (χ2n) is 7.91. The van der Waals surface area contributed by atoms with E-state index >= 15 is 0 Å². The molecule has 0 aromatic carbocycles. The smallest absolute Gasteiger partial charge is 0.347 e. The fourth-order valence-corrected chi connectivity index (χ4v) is 4.02. The molecule has 1 atom stereocenters. The van der Waals surface area contributed by atoms with E-state index in [1.54, 1.807) is 0 Å². The number of imidazole rings is 1. The molecule has 1 aliphatic rings. The largest absolute Gasteiger partial charge is 0.403 e. The summed E-state index contributed by atoms with van der Waals surface area (Å²) >= 11 is 0. The molecular weight excluding hydrogens is 366 g/mol. The molecule has 7 nitrogen and oxygen atoms in total. The number of fused-ring (bicyclic) bond motifs is 2.